The van der Waals surface area contributed by atoms with Crippen molar-refractivity contribution >= 4 is 36.8 Å². The van der Waals surface area contributed by atoms with E-state index >= 15 is 0 Å². The topological polar surface area (TPSA) is 102 Å². The van der Waals surface area contributed by atoms with E-state index in [1.54, 1.807) is 20.3 Å². The molecule has 1 aromatic rings. The van der Waals surface area contributed by atoms with Crippen LogP contribution in [0.3, 0.4) is 0 Å². The minimum absolute atomic E-state index is 0.0254. The number of carbonyl (C=O) groups is 2. The van der Waals surface area contributed by atoms with Gasteiger partial charge in [-0.25, -0.2) is 4.79 Å². The predicted octanol–water partition coefficient (Wildman–Crippen LogP) is 13.8. The monoisotopic (exact) mass is 984 g/mol. The molecule has 0 aromatic heterocycles. The Morgan fingerprint density at radius 1 is 0.836 bits per heavy atom. The second-order valence-electron chi connectivity index (χ2n) is 23.7. The van der Waals surface area contributed by atoms with Gasteiger partial charge in [0.2, 0.25) is 14.2 Å². The fraction of sp³-hybridized carbons (Fsp3) is 0.782. The van der Waals surface area contributed by atoms with Gasteiger partial charge in [0.15, 0.2) is 16.6 Å². The highest BCUT2D eigenvalue weighted by Gasteiger charge is 2.48. The van der Waals surface area contributed by atoms with E-state index in [0.29, 0.717) is 59.4 Å². The molecule has 2 rings (SSSR count). The van der Waals surface area contributed by atoms with Gasteiger partial charge >= 0.3 is 5.97 Å². The van der Waals surface area contributed by atoms with Crippen molar-refractivity contribution in [3.63, 3.8) is 0 Å². The van der Waals surface area contributed by atoms with E-state index in [2.05, 4.69) is 166 Å². The van der Waals surface area contributed by atoms with Crippen molar-refractivity contribution in [1.82, 2.24) is 5.32 Å². The maximum absolute atomic E-state index is 14.9. The van der Waals surface area contributed by atoms with Crippen LogP contribution in [0.4, 0.5) is 0 Å². The Labute approximate surface area is 413 Å². The van der Waals surface area contributed by atoms with Crippen LogP contribution >= 0.6 is 0 Å². The zero-order valence-electron chi connectivity index (χ0n) is 46.7. The molecule has 8 atom stereocenters. The Hall–Kier alpha value is -2.59. The molecule has 0 saturated heterocycles. The zero-order valence-corrected chi connectivity index (χ0v) is 49.7. The van der Waals surface area contributed by atoms with Gasteiger partial charge in [0.25, 0.3) is 0 Å². The molecule has 1 amide bonds. The molecule has 1 aromatic carbocycles. The van der Waals surface area contributed by atoms with E-state index in [1.165, 1.54) is 0 Å². The summed E-state index contributed by atoms with van der Waals surface area (Å²) in [7, 11) is -3.51. The molecule has 0 radical (unpaired) electrons. The first-order valence-electron chi connectivity index (χ1n) is 25.5. The number of amides is 1. The lowest BCUT2D eigenvalue weighted by molar-refractivity contribution is -0.127. The highest BCUT2D eigenvalue weighted by atomic mass is 28.4. The SMILES string of the molecule is CCC[C@H](O[Si](C)(C)C(C)(C)C)[C@@H](C)C(=O)NCC#CC[C@@H](C)[C@@H](O[Si](C)(C)C(C)(C)C)[C@H](C)[C@@H]1CC#CC[C@H](C)[C@H](O[Si](C(C)C)(C(C)C)C(C)C)Cc2cc(OC)cc(OC)c2C(=O)O1. The highest BCUT2D eigenvalue weighted by molar-refractivity contribution is 6.77. The average Bonchev–Trinajstić information content (AvgIpc) is 3.21. The number of hydrogen-bond acceptors (Lipinski definition) is 8. The number of hydrogen-bond donors (Lipinski definition) is 1. The van der Waals surface area contributed by atoms with E-state index in [0.717, 1.165) is 18.4 Å². The van der Waals surface area contributed by atoms with Crippen molar-refractivity contribution in [2.75, 3.05) is 20.8 Å². The quantitative estimate of drug-likeness (QED) is 0.0783. The van der Waals surface area contributed by atoms with Crippen molar-refractivity contribution in [2.45, 2.75) is 234 Å². The van der Waals surface area contributed by atoms with E-state index in [-0.39, 0.29) is 64.5 Å². The first kappa shape index (κ1) is 60.5. The third-order valence-corrected chi connectivity index (χ3v) is 30.7. The normalized spacial score (nSPS) is 20.1. The standard InChI is InChI=1S/C55H97NO8Si3/c1-24-29-47(62-65(20,21)54(12,13)14)43(11)52(57)56-33-28-27-31-41(9)51(64-66(22,23)55(15,16)17)42(10)46-32-26-25-30-40(8)48(63-67(37(2)3,38(4)5)39(6)7)35-44-34-45(59-18)36-49(60-19)50(44)53(58)61-46/h34,36-43,46-48,51H,24,29-33,35H2,1-23H3,(H,56,57)/t40-,41+,42+,43+,46-,47-,48+,51+/m0/s1. The molecule has 0 fully saturated rings. The van der Waals surface area contributed by atoms with Crippen LogP contribution in [0.25, 0.3) is 0 Å². The molecule has 0 aliphatic carbocycles. The van der Waals surface area contributed by atoms with Crippen LogP contribution in [0.2, 0.25) is 52.9 Å². The summed E-state index contributed by atoms with van der Waals surface area (Å²) in [6.07, 6.45) is 2.58. The minimum Gasteiger partial charge on any atom is -0.497 e. The summed E-state index contributed by atoms with van der Waals surface area (Å²) in [5, 5.41) is 3.07. The van der Waals surface area contributed by atoms with Crippen molar-refractivity contribution in [3.8, 4) is 35.2 Å². The summed E-state index contributed by atoms with van der Waals surface area (Å²) in [6.45, 7) is 47.1. The molecule has 9 nitrogen and oxygen atoms in total. The Bertz CT molecular complexity index is 1850. The number of methoxy groups -OCH3 is 2. The summed E-state index contributed by atoms with van der Waals surface area (Å²) in [4.78, 5) is 28.3. The molecule has 12 heteroatoms. The predicted molar refractivity (Wildman–Crippen MR) is 286 cm³/mol. The van der Waals surface area contributed by atoms with Gasteiger partial charge in [0.1, 0.15) is 23.2 Å². The van der Waals surface area contributed by atoms with Gasteiger partial charge in [0.05, 0.1) is 45.0 Å². The summed E-state index contributed by atoms with van der Waals surface area (Å²) in [5.41, 5.74) is 2.34. The second-order valence-corrected chi connectivity index (χ2v) is 38.6. The smallest absolute Gasteiger partial charge is 0.342 e. The Balaban J connectivity index is 2.58. The van der Waals surface area contributed by atoms with E-state index < -0.39 is 37.0 Å². The van der Waals surface area contributed by atoms with Crippen LogP contribution in [0.15, 0.2) is 12.1 Å². The number of esters is 1. The van der Waals surface area contributed by atoms with Crippen molar-refractivity contribution in [1.29, 1.82) is 0 Å². The van der Waals surface area contributed by atoms with Gasteiger partial charge in [-0.3, -0.25) is 4.79 Å². The minimum atomic E-state index is -2.34. The average molecular weight is 985 g/mol. The number of benzene rings is 1. The van der Waals surface area contributed by atoms with E-state index in [9.17, 15) is 9.59 Å². The Kier molecular flexibility index (Phi) is 23.0. The molecule has 67 heavy (non-hydrogen) atoms. The molecule has 1 aliphatic heterocycles. The number of carbonyl (C=O) groups excluding carboxylic acids is 2. The maximum atomic E-state index is 14.9. The summed E-state index contributed by atoms with van der Waals surface area (Å²) < 4.78 is 40.0. The van der Waals surface area contributed by atoms with Crippen LogP contribution in [0.5, 0.6) is 11.5 Å². The van der Waals surface area contributed by atoms with Gasteiger partial charge in [0, 0.05) is 31.2 Å². The number of fused-ring (bicyclic) bond motifs is 1. The lowest BCUT2D eigenvalue weighted by Crippen LogP contribution is -2.51. The van der Waals surface area contributed by atoms with E-state index in [1.807, 2.05) is 13.0 Å². The summed E-state index contributed by atoms with van der Waals surface area (Å²) >= 11 is 0. The third-order valence-electron chi connectivity index (χ3n) is 15.6. The second kappa shape index (κ2) is 25.5. The summed E-state index contributed by atoms with van der Waals surface area (Å²) in [6, 6.07) is 3.71. The first-order chi connectivity index (χ1) is 30.8. The molecule has 0 spiro atoms. The maximum Gasteiger partial charge on any atom is 0.342 e. The summed E-state index contributed by atoms with van der Waals surface area (Å²) in [5.74, 6) is 13.6. The van der Waals surface area contributed by atoms with Crippen molar-refractivity contribution < 1.29 is 37.1 Å². The molecule has 1 aliphatic rings. The molecule has 0 unspecified atom stereocenters. The molecule has 0 saturated carbocycles. The number of nitrogens with one attached hydrogen (secondary N) is 1. The molecule has 0 bridgehead atoms. The number of ether oxygens (including phenoxy) is 3. The van der Waals surface area contributed by atoms with Gasteiger partial charge < -0.3 is 32.8 Å². The Morgan fingerprint density at radius 3 is 1.90 bits per heavy atom. The van der Waals surface area contributed by atoms with E-state index in [4.69, 9.17) is 27.5 Å². The third kappa shape index (κ3) is 16.0. The first-order valence-corrected chi connectivity index (χ1v) is 33.5. The van der Waals surface area contributed by atoms with Crippen molar-refractivity contribution in [3.05, 3.63) is 23.3 Å². The van der Waals surface area contributed by atoms with Crippen LogP contribution in [0.1, 0.15) is 166 Å². The van der Waals surface area contributed by atoms with Crippen LogP contribution < -0.4 is 14.8 Å². The fourth-order valence-electron chi connectivity index (χ4n) is 9.23. The molecular weight excluding hydrogens is 887 g/mol. The van der Waals surface area contributed by atoms with Gasteiger partial charge in [-0.2, -0.15) is 0 Å². The van der Waals surface area contributed by atoms with Crippen LogP contribution in [0, 0.1) is 47.4 Å². The lowest BCUT2D eigenvalue weighted by atomic mass is 9.86. The van der Waals surface area contributed by atoms with Crippen LogP contribution in [-0.2, 0) is 29.2 Å². The molecular formula is C55H97NO8Si3. The number of cyclic esters (lactones) is 1. The molecule has 1 heterocycles. The highest BCUT2D eigenvalue weighted by Crippen LogP contribution is 2.46. The van der Waals surface area contributed by atoms with Crippen molar-refractivity contribution in [2.24, 2.45) is 23.7 Å². The van der Waals surface area contributed by atoms with Gasteiger partial charge in [-0.15, -0.1) is 11.8 Å². The molecule has 1 N–H and O–H groups in total. The lowest BCUT2D eigenvalue weighted by Gasteiger charge is -2.46. The van der Waals surface area contributed by atoms with Gasteiger partial charge in [-0.1, -0.05) is 136 Å². The fourth-order valence-corrected chi connectivity index (χ4v) is 17.8. The largest absolute Gasteiger partial charge is 0.497 e. The van der Waals surface area contributed by atoms with Gasteiger partial charge in [-0.05, 0) is 89.2 Å². The van der Waals surface area contributed by atoms with Crippen LogP contribution in [-0.4, -0.2) is 82.0 Å². The number of rotatable bonds is 20. The zero-order chi connectivity index (χ0) is 51.5. The Morgan fingerprint density at radius 2 is 1.39 bits per heavy atom. The molecule has 382 valence electrons.